The number of carbonyl (C=O) groups excluding carboxylic acids is 1. The van der Waals surface area contributed by atoms with Crippen LogP contribution in [0.25, 0.3) is 0 Å². The SMILES string of the molecule is CCc1cc(Cn2c(C(=O)OC)cnc2C)n(C)n1. The maximum absolute atomic E-state index is 11.7. The van der Waals surface area contributed by atoms with Crippen LogP contribution in [0.5, 0.6) is 0 Å². The van der Waals surface area contributed by atoms with Gasteiger partial charge in [0.1, 0.15) is 11.5 Å². The van der Waals surface area contributed by atoms with E-state index in [-0.39, 0.29) is 5.97 Å². The van der Waals surface area contributed by atoms with Crippen molar-refractivity contribution in [3.63, 3.8) is 0 Å². The van der Waals surface area contributed by atoms with E-state index in [1.807, 2.05) is 29.3 Å². The molecule has 0 aliphatic rings. The van der Waals surface area contributed by atoms with Crippen molar-refractivity contribution in [1.29, 1.82) is 0 Å². The van der Waals surface area contributed by atoms with Crippen LogP contribution in [0.1, 0.15) is 34.6 Å². The summed E-state index contributed by atoms with van der Waals surface area (Å²) in [5.74, 6) is 0.401. The maximum Gasteiger partial charge on any atom is 0.356 e. The zero-order chi connectivity index (χ0) is 14.0. The number of esters is 1. The van der Waals surface area contributed by atoms with Gasteiger partial charge in [0.15, 0.2) is 0 Å². The molecule has 0 aliphatic carbocycles. The van der Waals surface area contributed by atoms with Crippen molar-refractivity contribution in [2.45, 2.75) is 26.8 Å². The van der Waals surface area contributed by atoms with Gasteiger partial charge in [0, 0.05) is 7.05 Å². The third-order valence-corrected chi connectivity index (χ3v) is 3.16. The fraction of sp³-hybridized carbons (Fsp3) is 0.462. The van der Waals surface area contributed by atoms with Crippen molar-refractivity contribution in [3.05, 3.63) is 35.2 Å². The van der Waals surface area contributed by atoms with Gasteiger partial charge in [0.25, 0.3) is 0 Å². The number of aryl methyl sites for hydroxylation is 3. The molecule has 0 radical (unpaired) electrons. The monoisotopic (exact) mass is 262 g/mol. The number of nitrogens with zero attached hydrogens (tertiary/aromatic N) is 4. The Hall–Kier alpha value is -2.11. The zero-order valence-corrected chi connectivity index (χ0v) is 11.7. The summed E-state index contributed by atoms with van der Waals surface area (Å²) < 4.78 is 8.43. The molecule has 0 saturated carbocycles. The highest BCUT2D eigenvalue weighted by atomic mass is 16.5. The van der Waals surface area contributed by atoms with Crippen LogP contribution in [0.2, 0.25) is 0 Å². The molecule has 0 aromatic carbocycles. The highest BCUT2D eigenvalue weighted by molar-refractivity contribution is 5.87. The number of methoxy groups -OCH3 is 1. The molecule has 0 N–H and O–H groups in total. The molecule has 2 heterocycles. The predicted molar refractivity (Wildman–Crippen MR) is 70.0 cm³/mol. The van der Waals surface area contributed by atoms with Crippen molar-refractivity contribution in [1.82, 2.24) is 19.3 Å². The molecule has 0 saturated heterocycles. The Morgan fingerprint density at radius 3 is 2.79 bits per heavy atom. The normalized spacial score (nSPS) is 10.7. The number of hydrogen-bond donors (Lipinski definition) is 0. The average molecular weight is 262 g/mol. The first-order valence-corrected chi connectivity index (χ1v) is 6.19. The van der Waals surface area contributed by atoms with Gasteiger partial charge >= 0.3 is 5.97 Å². The third kappa shape index (κ3) is 2.52. The summed E-state index contributed by atoms with van der Waals surface area (Å²) >= 11 is 0. The lowest BCUT2D eigenvalue weighted by atomic mass is 10.3. The molecular formula is C13H18N4O2. The molecule has 0 bridgehead atoms. The summed E-state index contributed by atoms with van der Waals surface area (Å²) in [4.78, 5) is 15.8. The van der Waals surface area contributed by atoms with Crippen molar-refractivity contribution in [2.24, 2.45) is 7.05 Å². The molecule has 102 valence electrons. The van der Waals surface area contributed by atoms with E-state index in [0.29, 0.717) is 12.2 Å². The molecule has 0 unspecified atom stereocenters. The van der Waals surface area contributed by atoms with Crippen molar-refractivity contribution < 1.29 is 9.53 Å². The van der Waals surface area contributed by atoms with E-state index in [2.05, 4.69) is 17.0 Å². The quantitative estimate of drug-likeness (QED) is 0.780. The molecule has 0 spiro atoms. The van der Waals surface area contributed by atoms with Gasteiger partial charge in [-0.05, 0) is 19.4 Å². The summed E-state index contributed by atoms with van der Waals surface area (Å²) in [5, 5.41) is 4.40. The van der Waals surface area contributed by atoms with Crippen LogP contribution in [0, 0.1) is 6.92 Å². The fourth-order valence-corrected chi connectivity index (χ4v) is 1.99. The van der Waals surface area contributed by atoms with Crippen molar-refractivity contribution in [3.8, 4) is 0 Å². The molecule has 0 amide bonds. The molecule has 6 heteroatoms. The predicted octanol–water partition coefficient (Wildman–Crippen LogP) is 1.32. The molecule has 0 atom stereocenters. The Bertz CT molecular complexity index is 598. The highest BCUT2D eigenvalue weighted by Crippen LogP contribution is 2.12. The summed E-state index contributed by atoms with van der Waals surface area (Å²) in [6.07, 6.45) is 2.43. The molecule has 0 aliphatic heterocycles. The minimum Gasteiger partial charge on any atom is -0.464 e. The Morgan fingerprint density at radius 2 is 2.21 bits per heavy atom. The van der Waals surface area contributed by atoms with Crippen LogP contribution < -0.4 is 0 Å². The third-order valence-electron chi connectivity index (χ3n) is 3.16. The molecule has 6 nitrogen and oxygen atoms in total. The molecule has 0 fully saturated rings. The summed E-state index contributed by atoms with van der Waals surface area (Å²) in [5.41, 5.74) is 2.53. The molecule has 2 aromatic rings. The number of imidazole rings is 1. The van der Waals surface area contributed by atoms with E-state index in [0.717, 1.165) is 23.6 Å². The van der Waals surface area contributed by atoms with Crippen molar-refractivity contribution in [2.75, 3.05) is 7.11 Å². The number of hydrogen-bond acceptors (Lipinski definition) is 4. The zero-order valence-electron chi connectivity index (χ0n) is 11.7. The first-order valence-electron chi connectivity index (χ1n) is 6.19. The topological polar surface area (TPSA) is 61.9 Å². The van der Waals surface area contributed by atoms with E-state index >= 15 is 0 Å². The lowest BCUT2D eigenvalue weighted by molar-refractivity contribution is 0.0588. The van der Waals surface area contributed by atoms with Crippen LogP contribution in [0.15, 0.2) is 12.3 Å². The van der Waals surface area contributed by atoms with E-state index in [1.165, 1.54) is 13.3 Å². The minimum atomic E-state index is -0.376. The lowest BCUT2D eigenvalue weighted by Crippen LogP contribution is -2.14. The van der Waals surface area contributed by atoms with Gasteiger partial charge in [-0.15, -0.1) is 0 Å². The largest absolute Gasteiger partial charge is 0.464 e. The smallest absolute Gasteiger partial charge is 0.356 e. The van der Waals surface area contributed by atoms with Gasteiger partial charge in [0.2, 0.25) is 0 Å². The average Bonchev–Trinajstić information content (AvgIpc) is 2.94. The molecule has 2 rings (SSSR count). The molecule has 19 heavy (non-hydrogen) atoms. The number of rotatable bonds is 4. The Balaban J connectivity index is 2.34. The summed E-state index contributed by atoms with van der Waals surface area (Å²) in [7, 11) is 3.27. The first kappa shape index (κ1) is 13.3. The van der Waals surface area contributed by atoms with Crippen molar-refractivity contribution >= 4 is 5.97 Å². The van der Waals surface area contributed by atoms with Crippen LogP contribution in [-0.2, 0) is 24.8 Å². The fourth-order valence-electron chi connectivity index (χ4n) is 1.99. The van der Waals surface area contributed by atoms with Gasteiger partial charge < -0.3 is 9.30 Å². The molecular weight excluding hydrogens is 244 g/mol. The van der Waals surface area contributed by atoms with Gasteiger partial charge in [-0.3, -0.25) is 4.68 Å². The van der Waals surface area contributed by atoms with Gasteiger partial charge in [-0.25, -0.2) is 9.78 Å². The number of ether oxygens (including phenoxy) is 1. The maximum atomic E-state index is 11.7. The minimum absolute atomic E-state index is 0.376. The second kappa shape index (κ2) is 5.26. The van der Waals surface area contributed by atoms with Crippen LogP contribution in [-0.4, -0.2) is 32.4 Å². The van der Waals surface area contributed by atoms with Gasteiger partial charge in [-0.2, -0.15) is 5.10 Å². The van der Waals surface area contributed by atoms with E-state index in [1.54, 1.807) is 0 Å². The Labute approximate surface area is 112 Å². The van der Waals surface area contributed by atoms with Crippen LogP contribution in [0.4, 0.5) is 0 Å². The first-order chi connectivity index (χ1) is 9.06. The Kier molecular flexibility index (Phi) is 3.69. The number of carbonyl (C=O) groups is 1. The number of aromatic nitrogens is 4. The van der Waals surface area contributed by atoms with Gasteiger partial charge in [0.05, 0.1) is 31.2 Å². The van der Waals surface area contributed by atoms with Crippen LogP contribution >= 0.6 is 0 Å². The Morgan fingerprint density at radius 1 is 1.47 bits per heavy atom. The summed E-state index contributed by atoms with van der Waals surface area (Å²) in [6, 6.07) is 2.04. The second-order valence-electron chi connectivity index (χ2n) is 4.37. The van der Waals surface area contributed by atoms with Gasteiger partial charge in [-0.1, -0.05) is 6.92 Å². The lowest BCUT2D eigenvalue weighted by Gasteiger charge is -2.09. The summed E-state index contributed by atoms with van der Waals surface area (Å²) in [6.45, 7) is 4.48. The van der Waals surface area contributed by atoms with Crippen LogP contribution in [0.3, 0.4) is 0 Å². The molecule has 2 aromatic heterocycles. The standard InChI is InChI=1S/C13H18N4O2/c1-5-10-6-11(16(3)15-10)8-17-9(2)14-7-12(17)13(18)19-4/h6-7H,5,8H2,1-4H3. The van der Waals surface area contributed by atoms with E-state index in [9.17, 15) is 4.79 Å². The van der Waals surface area contributed by atoms with E-state index < -0.39 is 0 Å². The van der Waals surface area contributed by atoms with E-state index in [4.69, 9.17) is 4.74 Å². The second-order valence-corrected chi connectivity index (χ2v) is 4.37. The highest BCUT2D eigenvalue weighted by Gasteiger charge is 2.16.